The summed E-state index contributed by atoms with van der Waals surface area (Å²) < 4.78 is 93.5. The Morgan fingerprint density at radius 1 is 0.763 bits per heavy atom. The molecule has 0 amide bonds. The first-order valence-electron chi connectivity index (χ1n) is 17.5. The lowest BCUT2D eigenvalue weighted by molar-refractivity contribution is -0.0625. The Balaban J connectivity index is 1.55. The number of phosphoric acid groups is 2. The zero-order valence-corrected chi connectivity index (χ0v) is 34.1. The first kappa shape index (κ1) is 47.0. The summed E-state index contributed by atoms with van der Waals surface area (Å²) >= 11 is 0. The van der Waals surface area contributed by atoms with Gasteiger partial charge in [-0.05, 0) is 53.7 Å². The molecular weight excluding hydrogens is 840 g/mol. The normalized spacial score (nSPS) is 19.2. The number of carbonyl (C=O) groups excluding carboxylic acids is 3. The number of aliphatic hydroxyl groups excluding tert-OH is 2. The molecule has 1 aliphatic rings. The maximum Gasteiger partial charge on any atom is 0.510 e. The van der Waals surface area contributed by atoms with Crippen LogP contribution in [0.4, 0.5) is 14.4 Å². The van der Waals surface area contributed by atoms with E-state index in [4.69, 9.17) is 45.9 Å². The summed E-state index contributed by atoms with van der Waals surface area (Å²) in [5.41, 5.74) is -1.12. The van der Waals surface area contributed by atoms with E-state index < -0.39 is 115 Å². The van der Waals surface area contributed by atoms with Crippen molar-refractivity contribution in [2.75, 3.05) is 27.0 Å². The Kier molecular flexibility index (Phi) is 16.7. The quantitative estimate of drug-likeness (QED) is 0.0707. The van der Waals surface area contributed by atoms with Crippen LogP contribution in [0, 0.1) is 0 Å². The zero-order chi connectivity index (χ0) is 43.5. The lowest BCUT2D eigenvalue weighted by atomic mass is 10.1. The second-order valence-corrected chi connectivity index (χ2v) is 16.3. The number of hydrogen-bond acceptors (Lipinski definition) is 23. The number of fused-ring (bicyclic) bond motifs is 1. The molecule has 1 aromatic carbocycles. The fourth-order valence-corrected chi connectivity index (χ4v) is 7.48. The number of rotatable bonds is 20. The van der Waals surface area contributed by atoms with Crippen LogP contribution in [0.25, 0.3) is 11.0 Å². The van der Waals surface area contributed by atoms with Gasteiger partial charge >= 0.3 is 39.8 Å². The van der Waals surface area contributed by atoms with Crippen LogP contribution in [0.5, 0.6) is 0 Å². The highest BCUT2D eigenvalue weighted by atomic mass is 31.3. The standard InChI is InChI=1S/C32H43N3O22P2/c1-18(2)52-30(40)45-15-49-58(43,57-59(44,50-16-46-31(41)53-19(3)4)51-17-47-32(42)54-20(5)6)48-14-24-26(37)27(38)28(55-24)34-12-11-25(36)35(29(34)39)13-22-21-9-7-8-10-23(21)56-33-22/h7-12,18-20,24,26-28,37-38H,13-17H2,1-6H3/t24-,26+,27+,28-,58?/m1/s1. The van der Waals surface area contributed by atoms with E-state index in [2.05, 4.69) is 19.4 Å². The van der Waals surface area contributed by atoms with Crippen LogP contribution in [0.2, 0.25) is 0 Å². The molecule has 1 fully saturated rings. The van der Waals surface area contributed by atoms with Crippen molar-refractivity contribution < 1.29 is 93.8 Å². The predicted molar refractivity (Wildman–Crippen MR) is 192 cm³/mol. The molecule has 4 rings (SSSR count). The molecule has 0 radical (unpaired) electrons. The fourth-order valence-electron chi connectivity index (χ4n) is 4.72. The van der Waals surface area contributed by atoms with Gasteiger partial charge in [0.15, 0.2) is 11.8 Å². The highest BCUT2D eigenvalue weighted by molar-refractivity contribution is 7.62. The summed E-state index contributed by atoms with van der Waals surface area (Å²) in [7, 11) is -10.9. The van der Waals surface area contributed by atoms with E-state index in [1.165, 1.54) is 41.5 Å². The third-order valence-electron chi connectivity index (χ3n) is 7.22. The number of para-hydroxylation sites is 1. The van der Waals surface area contributed by atoms with Gasteiger partial charge in [-0.3, -0.25) is 18.5 Å². The topological polar surface area (TPSA) is 307 Å². The minimum Gasteiger partial charge on any atom is -0.432 e. The molecule has 1 unspecified atom stereocenters. The van der Waals surface area contributed by atoms with Gasteiger partial charge in [0, 0.05) is 17.6 Å². The van der Waals surface area contributed by atoms with E-state index in [9.17, 15) is 43.3 Å². The van der Waals surface area contributed by atoms with Crippen molar-refractivity contribution in [2.24, 2.45) is 0 Å². The number of aromatic nitrogens is 3. The summed E-state index contributed by atoms with van der Waals surface area (Å²) in [6.07, 6.45) is -12.1. The molecule has 1 aliphatic heterocycles. The van der Waals surface area contributed by atoms with E-state index in [1.807, 2.05) is 0 Å². The lowest BCUT2D eigenvalue weighted by Gasteiger charge is -2.24. The third kappa shape index (κ3) is 13.7. The third-order valence-corrected chi connectivity index (χ3v) is 10.6. The Morgan fingerprint density at radius 3 is 1.80 bits per heavy atom. The average molecular weight is 884 g/mol. The van der Waals surface area contributed by atoms with Gasteiger partial charge in [0.1, 0.15) is 24.0 Å². The van der Waals surface area contributed by atoms with Gasteiger partial charge in [0.2, 0.25) is 20.4 Å². The molecule has 5 atom stereocenters. The maximum atomic E-state index is 14.0. The number of benzene rings is 1. The minimum atomic E-state index is -5.46. The predicted octanol–water partition coefficient (Wildman–Crippen LogP) is 3.68. The Hall–Kier alpha value is -4.68. The molecule has 328 valence electrons. The highest BCUT2D eigenvalue weighted by Crippen LogP contribution is 2.66. The first-order chi connectivity index (χ1) is 27.8. The number of hydrogen-bond donors (Lipinski definition) is 2. The zero-order valence-electron chi connectivity index (χ0n) is 32.3. The first-order valence-corrected chi connectivity index (χ1v) is 20.4. The molecule has 3 heterocycles. The SMILES string of the molecule is CC(C)OC(=O)OCOP(=O)(OCOC(=O)OC(C)C)OP(=O)(OCOC(=O)OC(C)C)OC[C@H]1O[C@@H](n2ccc(=O)n(Cc3noc4ccccc34)c2=O)[C@@H](O)[C@H]1O. The van der Waals surface area contributed by atoms with E-state index >= 15 is 0 Å². The van der Waals surface area contributed by atoms with Crippen LogP contribution in [0.1, 0.15) is 53.5 Å². The molecule has 0 bridgehead atoms. The molecule has 0 aliphatic carbocycles. The number of carbonyl (C=O) groups is 3. The number of phosphoric ester groups is 2. The Bertz CT molecular complexity index is 2080. The molecular formula is C32H43N3O22P2. The minimum absolute atomic E-state index is 0.239. The second kappa shape index (κ2) is 21.0. The molecule has 2 N–H and O–H groups in total. The van der Waals surface area contributed by atoms with E-state index in [0.29, 0.717) is 11.0 Å². The molecule has 25 nitrogen and oxygen atoms in total. The van der Waals surface area contributed by atoms with Crippen LogP contribution >= 0.6 is 15.6 Å². The Labute approximate surface area is 334 Å². The van der Waals surface area contributed by atoms with Crippen molar-refractivity contribution in [2.45, 2.75) is 90.9 Å². The van der Waals surface area contributed by atoms with Crippen LogP contribution in [0.15, 0.2) is 50.6 Å². The van der Waals surface area contributed by atoms with Gasteiger partial charge in [0.25, 0.3) is 5.56 Å². The van der Waals surface area contributed by atoms with Crippen LogP contribution in [-0.2, 0) is 71.2 Å². The monoisotopic (exact) mass is 883 g/mol. The molecule has 59 heavy (non-hydrogen) atoms. The van der Waals surface area contributed by atoms with Crippen molar-refractivity contribution in [3.8, 4) is 0 Å². The molecule has 27 heteroatoms. The van der Waals surface area contributed by atoms with Gasteiger partial charge in [-0.1, -0.05) is 17.3 Å². The van der Waals surface area contributed by atoms with Gasteiger partial charge in [-0.2, -0.15) is 4.31 Å². The summed E-state index contributed by atoms with van der Waals surface area (Å²) in [6.45, 7) is 3.74. The van der Waals surface area contributed by atoms with Crippen molar-refractivity contribution in [3.05, 3.63) is 63.1 Å². The number of ether oxygens (including phenoxy) is 7. The van der Waals surface area contributed by atoms with E-state index in [1.54, 1.807) is 24.3 Å². The fraction of sp³-hybridized carbons (Fsp3) is 0.562. The van der Waals surface area contributed by atoms with E-state index in [-0.39, 0.29) is 12.2 Å². The number of aliphatic hydroxyl groups is 2. The summed E-state index contributed by atoms with van der Waals surface area (Å²) in [5, 5.41) is 26.3. The number of nitrogens with zero attached hydrogens (tertiary/aromatic N) is 3. The van der Waals surface area contributed by atoms with Crippen LogP contribution < -0.4 is 11.2 Å². The van der Waals surface area contributed by atoms with Crippen molar-refractivity contribution in [1.82, 2.24) is 14.3 Å². The molecule has 0 saturated carbocycles. The van der Waals surface area contributed by atoms with Crippen LogP contribution in [0.3, 0.4) is 0 Å². The Morgan fingerprint density at radius 2 is 1.27 bits per heavy atom. The highest BCUT2D eigenvalue weighted by Gasteiger charge is 2.48. The summed E-state index contributed by atoms with van der Waals surface area (Å²) in [5.74, 6) is 0. The smallest absolute Gasteiger partial charge is 0.432 e. The van der Waals surface area contributed by atoms with Gasteiger partial charge < -0.3 is 47.9 Å². The molecule has 2 aromatic heterocycles. The summed E-state index contributed by atoms with van der Waals surface area (Å²) in [6, 6.07) is 7.69. The largest absolute Gasteiger partial charge is 0.510 e. The molecule has 0 spiro atoms. The second-order valence-electron chi connectivity index (χ2n) is 12.8. The van der Waals surface area contributed by atoms with Gasteiger partial charge in [0.05, 0.1) is 31.5 Å². The van der Waals surface area contributed by atoms with Crippen molar-refractivity contribution in [1.29, 1.82) is 0 Å². The van der Waals surface area contributed by atoms with Crippen LogP contribution in [-0.4, -0.2) is 107 Å². The average Bonchev–Trinajstić information content (AvgIpc) is 3.67. The van der Waals surface area contributed by atoms with E-state index in [0.717, 1.165) is 21.4 Å². The van der Waals surface area contributed by atoms with Crippen molar-refractivity contribution >= 4 is 45.1 Å². The molecule has 3 aromatic rings. The maximum absolute atomic E-state index is 14.0. The lowest BCUT2D eigenvalue weighted by Crippen LogP contribution is -2.43. The molecule has 1 saturated heterocycles. The van der Waals surface area contributed by atoms with Gasteiger partial charge in [-0.15, -0.1) is 0 Å². The summed E-state index contributed by atoms with van der Waals surface area (Å²) in [4.78, 5) is 62.1. The van der Waals surface area contributed by atoms with Crippen molar-refractivity contribution in [3.63, 3.8) is 0 Å². The van der Waals surface area contributed by atoms with Gasteiger partial charge in [-0.25, -0.2) is 41.9 Å².